The van der Waals surface area contributed by atoms with Crippen LogP contribution in [0.5, 0.6) is 0 Å². The van der Waals surface area contributed by atoms with Crippen molar-refractivity contribution in [1.29, 1.82) is 0 Å². The van der Waals surface area contributed by atoms with Gasteiger partial charge in [0.05, 0.1) is 6.61 Å². The van der Waals surface area contributed by atoms with Gasteiger partial charge in [0.1, 0.15) is 12.4 Å². The molecule has 0 saturated heterocycles. The van der Waals surface area contributed by atoms with E-state index in [1.807, 2.05) is 6.07 Å². The molecule has 0 heterocycles. The Morgan fingerprint density at radius 1 is 1.32 bits per heavy atom. The van der Waals surface area contributed by atoms with E-state index in [0.717, 1.165) is 18.4 Å². The number of carbonyl (C=O) groups excluding carboxylic acids is 1. The van der Waals surface area contributed by atoms with Crippen LogP contribution in [-0.4, -0.2) is 31.8 Å². The largest absolute Gasteiger partial charge is 0.411 e. The number of benzene rings is 1. The lowest BCUT2D eigenvalue weighted by Gasteiger charge is -2.17. The molecular formula is C15H17F4NO2. The lowest BCUT2D eigenvalue weighted by molar-refractivity contribution is -0.174. The van der Waals surface area contributed by atoms with Gasteiger partial charge in [-0.1, -0.05) is 12.1 Å². The lowest BCUT2D eigenvalue weighted by atomic mass is 9.96. The van der Waals surface area contributed by atoms with Crippen LogP contribution in [0.3, 0.4) is 0 Å². The van der Waals surface area contributed by atoms with Gasteiger partial charge in [0, 0.05) is 18.4 Å². The fourth-order valence-corrected chi connectivity index (χ4v) is 2.25. The molecule has 122 valence electrons. The summed E-state index contributed by atoms with van der Waals surface area (Å²) < 4.78 is 53.2. The van der Waals surface area contributed by atoms with Gasteiger partial charge >= 0.3 is 6.18 Å². The van der Waals surface area contributed by atoms with E-state index in [0.29, 0.717) is 6.54 Å². The predicted octanol–water partition coefficient (Wildman–Crippen LogP) is 2.94. The van der Waals surface area contributed by atoms with Crippen molar-refractivity contribution in [2.45, 2.75) is 30.9 Å². The Kier molecular flexibility index (Phi) is 5.05. The van der Waals surface area contributed by atoms with Gasteiger partial charge in [-0.15, -0.1) is 0 Å². The zero-order valence-electron chi connectivity index (χ0n) is 11.9. The van der Waals surface area contributed by atoms with Crippen molar-refractivity contribution in [2.24, 2.45) is 0 Å². The number of ether oxygens (including phenoxy) is 1. The number of amides is 1. The van der Waals surface area contributed by atoms with E-state index in [4.69, 9.17) is 0 Å². The first-order valence-electron chi connectivity index (χ1n) is 6.98. The molecule has 0 atom stereocenters. The lowest BCUT2D eigenvalue weighted by Crippen LogP contribution is -2.33. The molecule has 0 aromatic heterocycles. The molecule has 0 bridgehead atoms. The first-order chi connectivity index (χ1) is 10.3. The molecule has 1 N–H and O–H groups in total. The summed E-state index contributed by atoms with van der Waals surface area (Å²) in [7, 11) is 0. The van der Waals surface area contributed by atoms with E-state index in [1.165, 1.54) is 12.1 Å². The minimum absolute atomic E-state index is 0.130. The summed E-state index contributed by atoms with van der Waals surface area (Å²) in [6.07, 6.45) is -2.82. The molecule has 1 aromatic carbocycles. The molecule has 7 heteroatoms. The number of carbonyl (C=O) groups is 1. The van der Waals surface area contributed by atoms with Crippen LogP contribution in [0.4, 0.5) is 17.6 Å². The smallest absolute Gasteiger partial charge is 0.372 e. The SMILES string of the molecule is O=C(CCOCC(F)(F)F)NCC1(c2cccc(F)c2)CC1. The van der Waals surface area contributed by atoms with Gasteiger partial charge in [-0.05, 0) is 30.5 Å². The minimum atomic E-state index is -4.38. The predicted molar refractivity (Wildman–Crippen MR) is 71.8 cm³/mol. The number of hydrogen-bond acceptors (Lipinski definition) is 2. The molecule has 1 aliphatic rings. The van der Waals surface area contributed by atoms with Crippen molar-refractivity contribution in [1.82, 2.24) is 5.32 Å². The molecule has 0 spiro atoms. The van der Waals surface area contributed by atoms with Crippen molar-refractivity contribution >= 4 is 5.91 Å². The third-order valence-electron chi connectivity index (χ3n) is 3.65. The number of halogens is 4. The molecule has 0 unspecified atom stereocenters. The van der Waals surface area contributed by atoms with Gasteiger partial charge in [0.25, 0.3) is 0 Å². The van der Waals surface area contributed by atoms with Gasteiger partial charge in [-0.3, -0.25) is 4.79 Å². The highest BCUT2D eigenvalue weighted by molar-refractivity contribution is 5.76. The Morgan fingerprint density at radius 3 is 2.64 bits per heavy atom. The molecular weight excluding hydrogens is 302 g/mol. The summed E-state index contributed by atoms with van der Waals surface area (Å²) >= 11 is 0. The Morgan fingerprint density at radius 2 is 2.05 bits per heavy atom. The van der Waals surface area contributed by atoms with E-state index in [2.05, 4.69) is 10.1 Å². The van der Waals surface area contributed by atoms with Gasteiger partial charge in [0.2, 0.25) is 5.91 Å². The summed E-state index contributed by atoms with van der Waals surface area (Å²) in [5, 5.41) is 2.68. The second-order valence-electron chi connectivity index (χ2n) is 5.49. The first kappa shape index (κ1) is 16.7. The Bertz CT molecular complexity index is 527. The van der Waals surface area contributed by atoms with E-state index in [1.54, 1.807) is 6.07 Å². The van der Waals surface area contributed by atoms with Crippen LogP contribution in [0.15, 0.2) is 24.3 Å². The van der Waals surface area contributed by atoms with E-state index in [9.17, 15) is 22.4 Å². The quantitative estimate of drug-likeness (QED) is 0.620. The maximum absolute atomic E-state index is 13.2. The number of rotatable bonds is 7. The van der Waals surface area contributed by atoms with Crippen molar-refractivity contribution in [3.8, 4) is 0 Å². The van der Waals surface area contributed by atoms with Gasteiger partial charge < -0.3 is 10.1 Å². The fourth-order valence-electron chi connectivity index (χ4n) is 2.25. The zero-order chi connectivity index (χ0) is 16.2. The number of nitrogens with one attached hydrogen (secondary N) is 1. The van der Waals surface area contributed by atoms with Crippen molar-refractivity contribution in [2.75, 3.05) is 19.8 Å². The van der Waals surface area contributed by atoms with Crippen LogP contribution >= 0.6 is 0 Å². The van der Waals surface area contributed by atoms with Gasteiger partial charge in [-0.2, -0.15) is 13.2 Å². The highest BCUT2D eigenvalue weighted by Gasteiger charge is 2.44. The molecule has 1 aromatic rings. The van der Waals surface area contributed by atoms with Crippen molar-refractivity contribution in [3.63, 3.8) is 0 Å². The van der Waals surface area contributed by atoms with Crippen LogP contribution in [0.2, 0.25) is 0 Å². The maximum atomic E-state index is 13.2. The van der Waals surface area contributed by atoms with Crippen LogP contribution in [0, 0.1) is 5.82 Å². The van der Waals surface area contributed by atoms with Crippen LogP contribution in [-0.2, 0) is 14.9 Å². The molecule has 1 aliphatic carbocycles. The van der Waals surface area contributed by atoms with Crippen LogP contribution in [0.1, 0.15) is 24.8 Å². The second-order valence-corrected chi connectivity index (χ2v) is 5.49. The van der Waals surface area contributed by atoms with E-state index in [-0.39, 0.29) is 30.2 Å². The molecule has 1 amide bonds. The van der Waals surface area contributed by atoms with Crippen LogP contribution < -0.4 is 5.32 Å². The highest BCUT2D eigenvalue weighted by atomic mass is 19.4. The average Bonchev–Trinajstić information content (AvgIpc) is 3.22. The minimum Gasteiger partial charge on any atom is -0.372 e. The van der Waals surface area contributed by atoms with E-state index >= 15 is 0 Å². The normalized spacial score (nSPS) is 16.4. The van der Waals surface area contributed by atoms with Gasteiger partial charge in [0.15, 0.2) is 0 Å². The number of alkyl halides is 3. The van der Waals surface area contributed by atoms with Crippen molar-refractivity contribution in [3.05, 3.63) is 35.6 Å². The molecule has 2 rings (SSSR count). The third-order valence-corrected chi connectivity index (χ3v) is 3.65. The van der Waals surface area contributed by atoms with Crippen LogP contribution in [0.25, 0.3) is 0 Å². The Labute approximate surface area is 125 Å². The third kappa shape index (κ3) is 4.98. The fraction of sp³-hybridized carbons (Fsp3) is 0.533. The number of hydrogen-bond donors (Lipinski definition) is 1. The van der Waals surface area contributed by atoms with E-state index < -0.39 is 12.8 Å². The molecule has 22 heavy (non-hydrogen) atoms. The average molecular weight is 319 g/mol. The monoisotopic (exact) mass is 319 g/mol. The zero-order valence-corrected chi connectivity index (χ0v) is 11.9. The summed E-state index contributed by atoms with van der Waals surface area (Å²) in [6, 6.07) is 6.24. The Balaban J connectivity index is 1.72. The van der Waals surface area contributed by atoms with Crippen molar-refractivity contribution < 1.29 is 27.1 Å². The molecule has 0 radical (unpaired) electrons. The standard InChI is InChI=1S/C15H17F4NO2/c16-12-3-1-2-11(8-12)14(5-6-14)9-20-13(21)4-7-22-10-15(17,18)19/h1-3,8H,4-7,9-10H2,(H,20,21). The maximum Gasteiger partial charge on any atom is 0.411 e. The topological polar surface area (TPSA) is 38.3 Å². The second kappa shape index (κ2) is 6.64. The van der Waals surface area contributed by atoms with Gasteiger partial charge in [-0.25, -0.2) is 4.39 Å². The molecule has 3 nitrogen and oxygen atoms in total. The highest BCUT2D eigenvalue weighted by Crippen LogP contribution is 2.47. The molecule has 1 fully saturated rings. The summed E-state index contributed by atoms with van der Waals surface area (Å²) in [5.41, 5.74) is 0.589. The summed E-state index contributed by atoms with van der Waals surface area (Å²) in [6.45, 7) is -1.28. The summed E-state index contributed by atoms with van der Waals surface area (Å²) in [4.78, 5) is 11.6. The molecule has 0 aliphatic heterocycles. The summed E-state index contributed by atoms with van der Waals surface area (Å²) in [5.74, 6) is -0.694. The molecule has 1 saturated carbocycles. The first-order valence-corrected chi connectivity index (χ1v) is 6.98. The Hall–Kier alpha value is -1.63.